The Morgan fingerprint density at radius 2 is 1.45 bits per heavy atom. The molecule has 0 saturated carbocycles. The van der Waals surface area contributed by atoms with Gasteiger partial charge >= 0.3 is 0 Å². The molecule has 0 radical (unpaired) electrons. The van der Waals surface area contributed by atoms with Crippen LogP contribution in [-0.2, 0) is 9.59 Å². The lowest BCUT2D eigenvalue weighted by Crippen LogP contribution is -2.47. The van der Waals surface area contributed by atoms with E-state index >= 15 is 0 Å². The number of rotatable bonds is 8. The second-order valence-corrected chi connectivity index (χ2v) is 7.95. The van der Waals surface area contributed by atoms with Crippen LogP contribution in [0, 0.1) is 0 Å². The minimum atomic E-state index is -0.314. The highest BCUT2D eigenvalue weighted by atomic mass is 16.5. The van der Waals surface area contributed by atoms with Gasteiger partial charge in [-0.1, -0.05) is 37.3 Å². The lowest BCUT2D eigenvalue weighted by molar-refractivity contribution is -0.120. The summed E-state index contributed by atoms with van der Waals surface area (Å²) in [6, 6.07) is 14.7. The quantitative estimate of drug-likeness (QED) is 0.576. The Kier molecular flexibility index (Phi) is 6.99. The Hall–Kier alpha value is -3.32. The summed E-state index contributed by atoms with van der Waals surface area (Å²) in [4.78, 5) is 33.1. The van der Waals surface area contributed by atoms with Crippen LogP contribution in [0.1, 0.15) is 26.3 Å². The van der Waals surface area contributed by atoms with Gasteiger partial charge in [0.2, 0.25) is 0 Å². The van der Waals surface area contributed by atoms with Crippen LogP contribution in [0.2, 0.25) is 0 Å². The van der Waals surface area contributed by atoms with Crippen molar-refractivity contribution in [3.63, 3.8) is 0 Å². The molecule has 0 N–H and O–H groups in total. The topological polar surface area (TPSA) is 62.3 Å². The van der Waals surface area contributed by atoms with Crippen molar-refractivity contribution in [2.75, 3.05) is 50.8 Å². The molecule has 33 heavy (non-hydrogen) atoms. The van der Waals surface area contributed by atoms with Gasteiger partial charge in [-0.3, -0.25) is 9.59 Å². The number of benzene rings is 2. The van der Waals surface area contributed by atoms with Crippen LogP contribution in [0.5, 0.6) is 11.5 Å². The maximum absolute atomic E-state index is 13.8. The van der Waals surface area contributed by atoms with E-state index in [0.29, 0.717) is 54.8 Å². The number of nitrogens with zero attached hydrogens (tertiary/aromatic N) is 3. The molecule has 0 unspecified atom stereocenters. The second kappa shape index (κ2) is 10.1. The monoisotopic (exact) mass is 449 g/mol. The summed E-state index contributed by atoms with van der Waals surface area (Å²) in [5, 5.41) is 0. The van der Waals surface area contributed by atoms with E-state index in [0.717, 1.165) is 25.2 Å². The first-order valence-corrected chi connectivity index (χ1v) is 11.6. The Morgan fingerprint density at radius 3 is 2.09 bits per heavy atom. The number of piperazine rings is 1. The van der Waals surface area contributed by atoms with Crippen molar-refractivity contribution in [3.8, 4) is 11.5 Å². The molecule has 2 aromatic rings. The molecule has 0 aliphatic carbocycles. The molecule has 2 heterocycles. The van der Waals surface area contributed by atoms with Gasteiger partial charge < -0.3 is 19.3 Å². The predicted octanol–water partition coefficient (Wildman–Crippen LogP) is 3.41. The van der Waals surface area contributed by atoms with Crippen molar-refractivity contribution in [2.45, 2.75) is 20.8 Å². The highest BCUT2D eigenvalue weighted by Gasteiger charge is 2.43. The zero-order valence-corrected chi connectivity index (χ0v) is 19.5. The number of hydrogen-bond donors (Lipinski definition) is 0. The van der Waals surface area contributed by atoms with Gasteiger partial charge in [-0.25, -0.2) is 4.90 Å². The first-order chi connectivity index (χ1) is 16.1. The fourth-order valence-corrected chi connectivity index (χ4v) is 4.38. The van der Waals surface area contributed by atoms with Crippen molar-refractivity contribution in [3.05, 3.63) is 59.8 Å². The molecule has 1 fully saturated rings. The first kappa shape index (κ1) is 22.9. The van der Waals surface area contributed by atoms with Gasteiger partial charge in [0.1, 0.15) is 5.70 Å². The van der Waals surface area contributed by atoms with E-state index in [1.54, 1.807) is 18.2 Å². The molecular formula is C26H31N3O4. The number of amides is 2. The van der Waals surface area contributed by atoms with E-state index < -0.39 is 0 Å². The molecule has 174 valence electrons. The van der Waals surface area contributed by atoms with E-state index in [-0.39, 0.29) is 11.8 Å². The molecule has 7 heteroatoms. The normalized spacial score (nSPS) is 17.2. The molecule has 4 rings (SSSR count). The number of likely N-dealkylation sites (N-methyl/N-ethyl adjacent to an activating group) is 1. The summed E-state index contributed by atoms with van der Waals surface area (Å²) < 4.78 is 11.4. The van der Waals surface area contributed by atoms with Crippen molar-refractivity contribution >= 4 is 23.1 Å². The molecule has 7 nitrogen and oxygen atoms in total. The second-order valence-electron chi connectivity index (χ2n) is 7.95. The third kappa shape index (κ3) is 4.46. The van der Waals surface area contributed by atoms with Gasteiger partial charge in [0, 0.05) is 32.2 Å². The molecule has 2 aliphatic rings. The molecule has 0 spiro atoms. The van der Waals surface area contributed by atoms with Gasteiger partial charge in [0.25, 0.3) is 11.8 Å². The summed E-state index contributed by atoms with van der Waals surface area (Å²) in [6.45, 7) is 11.0. The fraction of sp³-hybridized carbons (Fsp3) is 0.385. The average molecular weight is 450 g/mol. The Balaban J connectivity index is 1.74. The highest BCUT2D eigenvalue weighted by Crippen LogP contribution is 2.38. The lowest BCUT2D eigenvalue weighted by Gasteiger charge is -2.36. The maximum Gasteiger partial charge on any atom is 0.282 e. The molecule has 2 aliphatic heterocycles. The summed E-state index contributed by atoms with van der Waals surface area (Å²) in [7, 11) is 0. The van der Waals surface area contributed by atoms with Gasteiger partial charge in [-0.2, -0.15) is 0 Å². The van der Waals surface area contributed by atoms with E-state index in [4.69, 9.17) is 9.47 Å². The molecule has 0 atom stereocenters. The predicted molar refractivity (Wildman–Crippen MR) is 128 cm³/mol. The molecule has 2 amide bonds. The number of carbonyl (C=O) groups is 2. The highest BCUT2D eigenvalue weighted by molar-refractivity contribution is 6.45. The van der Waals surface area contributed by atoms with Crippen LogP contribution in [0.15, 0.2) is 54.2 Å². The molecule has 0 bridgehead atoms. The SMILES string of the molecule is CCOc1ccc(N2C(=O)C(c3ccccc3)=C(N3CCN(CC)CC3)C2=O)cc1OCC. The number of hydrogen-bond acceptors (Lipinski definition) is 6. The Bertz CT molecular complexity index is 1040. The molecule has 0 aromatic heterocycles. The van der Waals surface area contributed by atoms with Gasteiger partial charge in [-0.05, 0) is 38.1 Å². The fourth-order valence-electron chi connectivity index (χ4n) is 4.38. The summed E-state index contributed by atoms with van der Waals surface area (Å²) in [6.07, 6.45) is 0. The van der Waals surface area contributed by atoms with Crippen molar-refractivity contribution < 1.29 is 19.1 Å². The summed E-state index contributed by atoms with van der Waals surface area (Å²) in [5.74, 6) is 0.499. The first-order valence-electron chi connectivity index (χ1n) is 11.6. The van der Waals surface area contributed by atoms with E-state index in [9.17, 15) is 9.59 Å². The molecule has 2 aromatic carbocycles. The third-order valence-electron chi connectivity index (χ3n) is 6.04. The van der Waals surface area contributed by atoms with Crippen molar-refractivity contribution in [2.24, 2.45) is 0 Å². The molecule has 1 saturated heterocycles. The van der Waals surface area contributed by atoms with Crippen LogP contribution < -0.4 is 14.4 Å². The van der Waals surface area contributed by atoms with Gasteiger partial charge in [0.15, 0.2) is 11.5 Å². The number of carbonyl (C=O) groups excluding carboxylic acids is 2. The number of imide groups is 1. The number of ether oxygens (including phenoxy) is 2. The van der Waals surface area contributed by atoms with Crippen LogP contribution >= 0.6 is 0 Å². The minimum absolute atomic E-state index is 0.296. The van der Waals surface area contributed by atoms with E-state index in [1.165, 1.54) is 4.90 Å². The minimum Gasteiger partial charge on any atom is -0.490 e. The average Bonchev–Trinajstić information content (AvgIpc) is 3.11. The van der Waals surface area contributed by atoms with Crippen LogP contribution in [0.25, 0.3) is 5.57 Å². The van der Waals surface area contributed by atoms with Crippen LogP contribution in [0.4, 0.5) is 5.69 Å². The maximum atomic E-state index is 13.8. The standard InChI is InChI=1S/C26H31N3O4/c1-4-27-14-16-28(17-15-27)24-23(19-10-8-7-9-11-19)25(30)29(26(24)31)20-12-13-21(32-5-2)22(18-20)33-6-3/h7-13,18H,4-6,14-17H2,1-3H3. The van der Waals surface area contributed by atoms with Crippen LogP contribution in [-0.4, -0.2) is 67.6 Å². The summed E-state index contributed by atoms with van der Waals surface area (Å²) >= 11 is 0. The third-order valence-corrected chi connectivity index (χ3v) is 6.04. The molecular weight excluding hydrogens is 418 g/mol. The van der Waals surface area contributed by atoms with Gasteiger partial charge in [-0.15, -0.1) is 0 Å². The number of anilines is 1. The Morgan fingerprint density at radius 1 is 0.788 bits per heavy atom. The van der Waals surface area contributed by atoms with Crippen molar-refractivity contribution in [1.29, 1.82) is 0 Å². The van der Waals surface area contributed by atoms with Gasteiger partial charge in [0.05, 0.1) is 24.5 Å². The van der Waals surface area contributed by atoms with E-state index in [2.05, 4.69) is 16.7 Å². The van der Waals surface area contributed by atoms with Crippen LogP contribution in [0.3, 0.4) is 0 Å². The zero-order chi connectivity index (χ0) is 23.4. The smallest absolute Gasteiger partial charge is 0.282 e. The van der Waals surface area contributed by atoms with E-state index in [1.807, 2.05) is 44.2 Å². The largest absolute Gasteiger partial charge is 0.490 e. The summed E-state index contributed by atoms with van der Waals surface area (Å²) in [5.41, 5.74) is 2.17. The lowest BCUT2D eigenvalue weighted by atomic mass is 10.0. The van der Waals surface area contributed by atoms with Crippen molar-refractivity contribution in [1.82, 2.24) is 9.80 Å². The Labute approximate surface area is 195 Å². The zero-order valence-electron chi connectivity index (χ0n) is 19.5.